The fraction of sp³-hybridized carbons (Fsp3) is 0.435. The molecular weight excluding hydrogens is 418 g/mol. The Balaban J connectivity index is 1.42. The van der Waals surface area contributed by atoms with E-state index in [9.17, 15) is 4.79 Å². The molecule has 0 radical (unpaired) electrons. The molecule has 1 aliphatic rings. The van der Waals surface area contributed by atoms with Gasteiger partial charge < -0.3 is 25.1 Å². The summed E-state index contributed by atoms with van der Waals surface area (Å²) in [5.74, 6) is 1.65. The first-order chi connectivity index (χ1) is 16.0. The second kappa shape index (κ2) is 8.68. The topological polar surface area (TPSA) is 117 Å². The third-order valence-electron chi connectivity index (χ3n) is 6.12. The van der Waals surface area contributed by atoms with Crippen LogP contribution in [-0.4, -0.2) is 59.5 Å². The molecule has 3 N–H and O–H groups in total. The standard InChI is InChI=1S/C23H29N9O/c1-14(2)28-23(33)31-10-8-16(9-11-31)32-18-7-5-4-6-17(18)30-22(32)15(3)29-21-19-20(25-12-24-19)26-13-27-21/h4-7,12-16H,8-11H2,1-3H3,(H,28,33)(H2,24,25,26,27,29). The van der Waals surface area contributed by atoms with E-state index in [0.29, 0.717) is 11.5 Å². The SMILES string of the molecule is CC(C)NC(=O)N1CCC(n2c(C(C)Nc3ncnc4nc[nH]c34)nc3ccccc32)CC1. The van der Waals surface area contributed by atoms with Crippen LogP contribution in [-0.2, 0) is 0 Å². The molecule has 1 unspecified atom stereocenters. The predicted molar refractivity (Wildman–Crippen MR) is 127 cm³/mol. The van der Waals surface area contributed by atoms with Crippen molar-refractivity contribution in [2.24, 2.45) is 0 Å². The van der Waals surface area contributed by atoms with Crippen LogP contribution in [0.5, 0.6) is 0 Å². The lowest BCUT2D eigenvalue weighted by molar-refractivity contribution is 0.169. The quantitative estimate of drug-likeness (QED) is 0.430. The van der Waals surface area contributed by atoms with Gasteiger partial charge in [-0.05, 0) is 45.7 Å². The van der Waals surface area contributed by atoms with Crippen LogP contribution in [0.1, 0.15) is 51.5 Å². The summed E-state index contributed by atoms with van der Waals surface area (Å²) in [6.45, 7) is 7.50. The van der Waals surface area contributed by atoms with E-state index in [-0.39, 0.29) is 24.2 Å². The molecule has 4 heterocycles. The maximum atomic E-state index is 12.4. The number of benzene rings is 1. The number of anilines is 1. The van der Waals surface area contributed by atoms with E-state index < -0.39 is 0 Å². The molecule has 33 heavy (non-hydrogen) atoms. The Labute approximate surface area is 191 Å². The highest BCUT2D eigenvalue weighted by Gasteiger charge is 2.28. The third-order valence-corrected chi connectivity index (χ3v) is 6.12. The molecule has 0 saturated carbocycles. The second-order valence-corrected chi connectivity index (χ2v) is 8.84. The number of hydrogen-bond donors (Lipinski definition) is 3. The number of imidazole rings is 2. The maximum Gasteiger partial charge on any atom is 0.317 e. The van der Waals surface area contributed by atoms with Crippen molar-refractivity contribution in [3.8, 4) is 0 Å². The van der Waals surface area contributed by atoms with E-state index in [4.69, 9.17) is 4.98 Å². The van der Waals surface area contributed by atoms with Crippen molar-refractivity contribution in [1.82, 2.24) is 39.7 Å². The monoisotopic (exact) mass is 447 g/mol. The lowest BCUT2D eigenvalue weighted by atomic mass is 10.0. The van der Waals surface area contributed by atoms with Gasteiger partial charge in [-0.25, -0.2) is 24.7 Å². The van der Waals surface area contributed by atoms with Crippen molar-refractivity contribution in [2.75, 3.05) is 18.4 Å². The van der Waals surface area contributed by atoms with E-state index in [2.05, 4.69) is 48.1 Å². The van der Waals surface area contributed by atoms with Crippen LogP contribution in [0.4, 0.5) is 10.6 Å². The van der Waals surface area contributed by atoms with Gasteiger partial charge in [-0.2, -0.15) is 0 Å². The summed E-state index contributed by atoms with van der Waals surface area (Å²) in [5, 5.41) is 6.49. The molecule has 10 nitrogen and oxygen atoms in total. The molecular formula is C23H29N9O. The molecule has 172 valence electrons. The molecule has 1 aliphatic heterocycles. The molecule has 1 fully saturated rings. The molecule has 5 rings (SSSR count). The Hall–Kier alpha value is -3.69. The summed E-state index contributed by atoms with van der Waals surface area (Å²) in [6, 6.07) is 8.54. The summed E-state index contributed by atoms with van der Waals surface area (Å²) in [5.41, 5.74) is 3.48. The highest BCUT2D eigenvalue weighted by atomic mass is 16.2. The normalized spacial score (nSPS) is 15.9. The predicted octanol–water partition coefficient (Wildman–Crippen LogP) is 3.63. The first kappa shape index (κ1) is 21.2. The summed E-state index contributed by atoms with van der Waals surface area (Å²) in [4.78, 5) is 35.3. The van der Waals surface area contributed by atoms with Gasteiger partial charge in [-0.1, -0.05) is 12.1 Å². The first-order valence-electron chi connectivity index (χ1n) is 11.4. The van der Waals surface area contributed by atoms with Crippen LogP contribution in [0.25, 0.3) is 22.2 Å². The van der Waals surface area contributed by atoms with Crippen LogP contribution >= 0.6 is 0 Å². The number of aromatic nitrogens is 6. The average molecular weight is 448 g/mol. The zero-order valence-corrected chi connectivity index (χ0v) is 19.1. The van der Waals surface area contributed by atoms with Crippen molar-refractivity contribution in [3.63, 3.8) is 0 Å². The van der Waals surface area contributed by atoms with E-state index in [1.54, 1.807) is 6.33 Å². The molecule has 1 saturated heterocycles. The fourth-order valence-electron chi connectivity index (χ4n) is 4.56. The van der Waals surface area contributed by atoms with Gasteiger partial charge in [-0.15, -0.1) is 0 Å². The zero-order chi connectivity index (χ0) is 22.9. The van der Waals surface area contributed by atoms with Gasteiger partial charge in [-0.3, -0.25) is 0 Å². The van der Waals surface area contributed by atoms with Crippen molar-refractivity contribution in [1.29, 1.82) is 0 Å². The Morgan fingerprint density at radius 2 is 1.91 bits per heavy atom. The highest BCUT2D eigenvalue weighted by molar-refractivity contribution is 5.82. The van der Waals surface area contributed by atoms with Crippen molar-refractivity contribution < 1.29 is 4.79 Å². The minimum Gasteiger partial charge on any atom is -0.358 e. The summed E-state index contributed by atoms with van der Waals surface area (Å²) >= 11 is 0. The third kappa shape index (κ3) is 4.08. The van der Waals surface area contributed by atoms with Crippen molar-refractivity contribution in [3.05, 3.63) is 42.7 Å². The molecule has 0 bridgehead atoms. The highest BCUT2D eigenvalue weighted by Crippen LogP contribution is 2.32. The number of urea groups is 1. The summed E-state index contributed by atoms with van der Waals surface area (Å²) < 4.78 is 2.34. The van der Waals surface area contributed by atoms with Gasteiger partial charge in [0.2, 0.25) is 0 Å². The number of nitrogens with one attached hydrogen (secondary N) is 3. The van der Waals surface area contributed by atoms with E-state index in [0.717, 1.165) is 48.3 Å². The Kier molecular flexibility index (Phi) is 5.57. The van der Waals surface area contributed by atoms with Crippen LogP contribution in [0.3, 0.4) is 0 Å². The Morgan fingerprint density at radius 1 is 1.12 bits per heavy atom. The van der Waals surface area contributed by atoms with Gasteiger partial charge >= 0.3 is 6.03 Å². The van der Waals surface area contributed by atoms with Gasteiger partial charge in [0.05, 0.1) is 23.4 Å². The summed E-state index contributed by atoms with van der Waals surface area (Å²) in [6.07, 6.45) is 4.89. The number of piperidine rings is 1. The maximum absolute atomic E-state index is 12.4. The number of rotatable bonds is 5. The molecule has 1 atom stereocenters. The number of carbonyl (C=O) groups excluding carboxylic acids is 1. The fourth-order valence-corrected chi connectivity index (χ4v) is 4.56. The Morgan fingerprint density at radius 3 is 2.70 bits per heavy atom. The zero-order valence-electron chi connectivity index (χ0n) is 19.1. The number of H-pyrrole nitrogens is 1. The number of carbonyl (C=O) groups is 1. The molecule has 0 spiro atoms. The van der Waals surface area contributed by atoms with E-state index >= 15 is 0 Å². The number of para-hydroxylation sites is 2. The number of hydrogen-bond acceptors (Lipinski definition) is 6. The number of aromatic amines is 1. The second-order valence-electron chi connectivity index (χ2n) is 8.84. The molecule has 10 heteroatoms. The lowest BCUT2D eigenvalue weighted by Gasteiger charge is -2.34. The average Bonchev–Trinajstić information content (AvgIpc) is 3.44. The lowest BCUT2D eigenvalue weighted by Crippen LogP contribution is -2.46. The minimum atomic E-state index is -0.0962. The summed E-state index contributed by atoms with van der Waals surface area (Å²) in [7, 11) is 0. The largest absolute Gasteiger partial charge is 0.358 e. The number of likely N-dealkylation sites (tertiary alicyclic amines) is 1. The number of amides is 2. The molecule has 2 amide bonds. The van der Waals surface area contributed by atoms with Crippen molar-refractivity contribution in [2.45, 2.75) is 51.7 Å². The minimum absolute atomic E-state index is 0.0153. The number of nitrogens with zero attached hydrogens (tertiary/aromatic N) is 6. The van der Waals surface area contributed by atoms with E-state index in [1.807, 2.05) is 36.9 Å². The first-order valence-corrected chi connectivity index (χ1v) is 11.4. The Bertz CT molecular complexity index is 1270. The molecule has 0 aliphatic carbocycles. The van der Waals surface area contributed by atoms with Gasteiger partial charge in [0, 0.05) is 25.2 Å². The molecule has 3 aromatic heterocycles. The van der Waals surface area contributed by atoms with E-state index in [1.165, 1.54) is 6.33 Å². The smallest absolute Gasteiger partial charge is 0.317 e. The van der Waals surface area contributed by atoms with Gasteiger partial charge in [0.25, 0.3) is 0 Å². The van der Waals surface area contributed by atoms with Crippen LogP contribution in [0.15, 0.2) is 36.9 Å². The van der Waals surface area contributed by atoms with Gasteiger partial charge in [0.1, 0.15) is 17.7 Å². The molecule has 4 aromatic rings. The van der Waals surface area contributed by atoms with Crippen LogP contribution in [0, 0.1) is 0 Å². The van der Waals surface area contributed by atoms with Crippen LogP contribution in [0.2, 0.25) is 0 Å². The van der Waals surface area contributed by atoms with Crippen molar-refractivity contribution >= 4 is 34.0 Å². The number of fused-ring (bicyclic) bond motifs is 2. The molecule has 1 aromatic carbocycles. The van der Waals surface area contributed by atoms with Gasteiger partial charge in [0.15, 0.2) is 11.5 Å². The van der Waals surface area contributed by atoms with Crippen LogP contribution < -0.4 is 10.6 Å².